The molecule has 0 unspecified atom stereocenters. The number of hydrogen-bond donors (Lipinski definition) is 1. The minimum Gasteiger partial charge on any atom is -0.478 e. The van der Waals surface area contributed by atoms with E-state index in [1.54, 1.807) is 0 Å². The zero-order valence-electron chi connectivity index (χ0n) is 9.55. The van der Waals surface area contributed by atoms with Crippen molar-refractivity contribution in [1.29, 1.82) is 0 Å². The lowest BCUT2D eigenvalue weighted by atomic mass is 10.1. The molecule has 0 bridgehead atoms. The minimum atomic E-state index is -0.966. The number of carboxylic acid groups (broad SMARTS) is 1. The van der Waals surface area contributed by atoms with Gasteiger partial charge in [-0.1, -0.05) is 28.1 Å². The Morgan fingerprint density at radius 2 is 2.28 bits per heavy atom. The van der Waals surface area contributed by atoms with E-state index in [-0.39, 0.29) is 0 Å². The van der Waals surface area contributed by atoms with E-state index in [0.717, 1.165) is 26.7 Å². The molecule has 0 aliphatic rings. The molecule has 1 N–H and O–H groups in total. The van der Waals surface area contributed by atoms with Crippen LogP contribution in [0.4, 0.5) is 0 Å². The van der Waals surface area contributed by atoms with Crippen LogP contribution in [0.1, 0.15) is 9.88 Å². The first kappa shape index (κ1) is 13.0. The molecule has 18 heavy (non-hydrogen) atoms. The predicted molar refractivity (Wildman–Crippen MR) is 76.7 cm³/mol. The normalized spacial score (nSPS) is 11.0. The molecule has 3 nitrogen and oxygen atoms in total. The summed E-state index contributed by atoms with van der Waals surface area (Å²) in [5, 5.41) is 9.29. The molecule has 0 saturated heterocycles. The van der Waals surface area contributed by atoms with Crippen LogP contribution in [0.25, 0.3) is 17.3 Å². The Hall–Kier alpha value is -1.46. The molecule has 0 amide bonds. The molecule has 2 rings (SSSR count). The summed E-state index contributed by atoms with van der Waals surface area (Å²) in [6.45, 7) is 1.98. The van der Waals surface area contributed by atoms with E-state index in [2.05, 4.69) is 20.9 Å². The molecule has 0 fully saturated rings. The first-order chi connectivity index (χ1) is 8.56. The van der Waals surface area contributed by atoms with Crippen LogP contribution in [-0.2, 0) is 4.79 Å². The number of hydrogen-bond acceptors (Lipinski definition) is 3. The predicted octanol–water partition coefficient (Wildman–Crippen LogP) is 3.98. The first-order valence-corrected chi connectivity index (χ1v) is 6.81. The monoisotopic (exact) mass is 323 g/mol. The molecule has 0 radical (unpaired) electrons. The third kappa shape index (κ3) is 3.05. The van der Waals surface area contributed by atoms with Crippen molar-refractivity contribution in [2.24, 2.45) is 0 Å². The highest BCUT2D eigenvalue weighted by molar-refractivity contribution is 9.10. The maximum atomic E-state index is 10.5. The van der Waals surface area contributed by atoms with Crippen LogP contribution in [0.5, 0.6) is 0 Å². The van der Waals surface area contributed by atoms with Crippen LogP contribution < -0.4 is 0 Å². The first-order valence-electron chi connectivity index (χ1n) is 5.20. The molecular formula is C13H10BrNO2S. The lowest BCUT2D eigenvalue weighted by Crippen LogP contribution is -1.85. The maximum Gasteiger partial charge on any atom is 0.328 e. The number of aliphatic carboxylic acids is 1. The molecule has 1 aromatic heterocycles. The van der Waals surface area contributed by atoms with Gasteiger partial charge in [0.2, 0.25) is 0 Å². The van der Waals surface area contributed by atoms with E-state index in [1.807, 2.05) is 31.2 Å². The quantitative estimate of drug-likeness (QED) is 0.869. The second-order valence-corrected chi connectivity index (χ2v) is 5.79. The SMILES string of the molecule is Cc1sc(/C=C/C(=O)O)nc1-c1cccc(Br)c1. The summed E-state index contributed by atoms with van der Waals surface area (Å²) in [7, 11) is 0. The van der Waals surface area contributed by atoms with Gasteiger partial charge in [-0.3, -0.25) is 0 Å². The summed E-state index contributed by atoms with van der Waals surface area (Å²) in [5.41, 5.74) is 1.92. The topological polar surface area (TPSA) is 50.2 Å². The molecule has 1 aromatic carbocycles. The van der Waals surface area contributed by atoms with Crippen molar-refractivity contribution >= 4 is 39.3 Å². The summed E-state index contributed by atoms with van der Waals surface area (Å²) < 4.78 is 0.995. The molecular weight excluding hydrogens is 314 g/mol. The molecule has 92 valence electrons. The molecule has 5 heteroatoms. The van der Waals surface area contributed by atoms with Gasteiger partial charge in [-0.15, -0.1) is 11.3 Å². The van der Waals surface area contributed by atoms with Gasteiger partial charge >= 0.3 is 5.97 Å². The largest absolute Gasteiger partial charge is 0.478 e. The zero-order chi connectivity index (χ0) is 13.1. The summed E-state index contributed by atoms with van der Waals surface area (Å²) in [5.74, 6) is -0.966. The van der Waals surface area contributed by atoms with E-state index >= 15 is 0 Å². The summed E-state index contributed by atoms with van der Waals surface area (Å²) >= 11 is 4.90. The van der Waals surface area contributed by atoms with Crippen molar-refractivity contribution in [2.75, 3.05) is 0 Å². The number of benzene rings is 1. The molecule has 0 saturated carbocycles. The highest BCUT2D eigenvalue weighted by atomic mass is 79.9. The van der Waals surface area contributed by atoms with Crippen molar-refractivity contribution in [1.82, 2.24) is 4.98 Å². The Labute approximate surface area is 117 Å². The minimum absolute atomic E-state index is 0.699. The van der Waals surface area contributed by atoms with Crippen LogP contribution in [0.2, 0.25) is 0 Å². The van der Waals surface area contributed by atoms with Crippen molar-refractivity contribution in [2.45, 2.75) is 6.92 Å². The molecule has 2 aromatic rings. The van der Waals surface area contributed by atoms with Crippen LogP contribution in [0.15, 0.2) is 34.8 Å². The van der Waals surface area contributed by atoms with Gasteiger partial charge in [0.1, 0.15) is 5.01 Å². The van der Waals surface area contributed by atoms with Crippen LogP contribution >= 0.6 is 27.3 Å². The van der Waals surface area contributed by atoms with Gasteiger partial charge in [-0.25, -0.2) is 9.78 Å². The number of carbonyl (C=O) groups is 1. The van der Waals surface area contributed by atoms with E-state index in [4.69, 9.17) is 5.11 Å². The summed E-state index contributed by atoms with van der Waals surface area (Å²) in [6, 6.07) is 7.88. The molecule has 0 atom stereocenters. The second-order valence-electron chi connectivity index (χ2n) is 3.64. The van der Waals surface area contributed by atoms with E-state index < -0.39 is 5.97 Å². The van der Waals surface area contributed by atoms with Gasteiger partial charge in [-0.05, 0) is 25.1 Å². The Morgan fingerprint density at radius 1 is 1.50 bits per heavy atom. The summed E-state index contributed by atoms with van der Waals surface area (Å²) in [6.07, 6.45) is 2.62. The van der Waals surface area contributed by atoms with Gasteiger partial charge in [0, 0.05) is 21.0 Å². The van der Waals surface area contributed by atoms with Crippen LogP contribution in [0, 0.1) is 6.92 Å². The Balaban J connectivity index is 2.38. The fourth-order valence-corrected chi connectivity index (χ4v) is 2.78. The van der Waals surface area contributed by atoms with E-state index in [1.165, 1.54) is 17.4 Å². The van der Waals surface area contributed by atoms with Crippen molar-refractivity contribution in [3.63, 3.8) is 0 Å². The van der Waals surface area contributed by atoms with Gasteiger partial charge in [0.15, 0.2) is 0 Å². The number of carboxylic acids is 1. The number of thiazole rings is 1. The highest BCUT2D eigenvalue weighted by Crippen LogP contribution is 2.29. The average Bonchev–Trinajstić information content (AvgIpc) is 2.68. The lowest BCUT2D eigenvalue weighted by Gasteiger charge is -1.98. The number of aromatic nitrogens is 1. The fraction of sp³-hybridized carbons (Fsp3) is 0.0769. The number of nitrogens with zero attached hydrogens (tertiary/aromatic N) is 1. The summed E-state index contributed by atoms with van der Waals surface area (Å²) in [4.78, 5) is 16.0. The van der Waals surface area contributed by atoms with E-state index in [0.29, 0.717) is 5.01 Å². The highest BCUT2D eigenvalue weighted by Gasteiger charge is 2.08. The Morgan fingerprint density at radius 3 is 2.94 bits per heavy atom. The van der Waals surface area contributed by atoms with Gasteiger partial charge in [0.25, 0.3) is 0 Å². The third-order valence-corrected chi connectivity index (χ3v) is 3.71. The average molecular weight is 324 g/mol. The number of halogens is 1. The second kappa shape index (κ2) is 5.46. The van der Waals surface area contributed by atoms with Crippen LogP contribution in [-0.4, -0.2) is 16.1 Å². The smallest absolute Gasteiger partial charge is 0.328 e. The van der Waals surface area contributed by atoms with Gasteiger partial charge in [0.05, 0.1) is 5.69 Å². The van der Waals surface area contributed by atoms with Gasteiger partial charge < -0.3 is 5.11 Å². The molecule has 0 spiro atoms. The maximum absolute atomic E-state index is 10.5. The van der Waals surface area contributed by atoms with E-state index in [9.17, 15) is 4.79 Å². The standard InChI is InChI=1S/C13H10BrNO2S/c1-8-13(9-3-2-4-10(14)7-9)15-11(18-8)5-6-12(16)17/h2-7H,1H3,(H,16,17)/b6-5+. The Kier molecular flexibility index (Phi) is 3.93. The number of rotatable bonds is 3. The molecule has 0 aliphatic carbocycles. The van der Waals surface area contributed by atoms with Crippen LogP contribution in [0.3, 0.4) is 0 Å². The van der Waals surface area contributed by atoms with Gasteiger partial charge in [-0.2, -0.15) is 0 Å². The number of aryl methyl sites for hydroxylation is 1. The zero-order valence-corrected chi connectivity index (χ0v) is 12.0. The fourth-order valence-electron chi connectivity index (χ4n) is 1.53. The Bertz CT molecular complexity index is 619. The van der Waals surface area contributed by atoms with Crippen molar-refractivity contribution in [3.05, 3.63) is 44.7 Å². The van der Waals surface area contributed by atoms with Crippen molar-refractivity contribution in [3.8, 4) is 11.3 Å². The molecule has 1 heterocycles. The molecule has 0 aliphatic heterocycles. The lowest BCUT2D eigenvalue weighted by molar-refractivity contribution is -0.131. The van der Waals surface area contributed by atoms with Crippen molar-refractivity contribution < 1.29 is 9.90 Å². The third-order valence-electron chi connectivity index (χ3n) is 2.28.